The number of isothiocyanates is 1. The molecule has 0 saturated heterocycles. The van der Waals surface area contributed by atoms with Gasteiger partial charge in [-0.05, 0) is 24.4 Å². The molecule has 0 fully saturated rings. The van der Waals surface area contributed by atoms with Crippen molar-refractivity contribution in [3.8, 4) is 0 Å². The lowest BCUT2D eigenvalue weighted by Crippen LogP contribution is -2.01. The number of aliphatic imine (C=N–C) groups is 1. The highest BCUT2D eigenvalue weighted by Crippen LogP contribution is 2.10. The molecule has 1 heterocycles. The second-order valence-electron chi connectivity index (χ2n) is 2.75. The highest BCUT2D eigenvalue weighted by molar-refractivity contribution is 7.78. The van der Waals surface area contributed by atoms with Gasteiger partial charge in [-0.15, -0.1) is 0 Å². The number of rotatable bonds is 1. The van der Waals surface area contributed by atoms with E-state index in [9.17, 15) is 4.79 Å². The van der Waals surface area contributed by atoms with Crippen LogP contribution in [0.1, 0.15) is 0 Å². The Balaban J connectivity index is 2.88. The molecule has 14 heavy (non-hydrogen) atoms. The van der Waals surface area contributed by atoms with E-state index in [1.165, 1.54) is 6.20 Å². The van der Waals surface area contributed by atoms with E-state index in [2.05, 4.69) is 27.4 Å². The van der Waals surface area contributed by atoms with Gasteiger partial charge < -0.3 is 4.98 Å². The van der Waals surface area contributed by atoms with Crippen LogP contribution in [0.2, 0.25) is 0 Å². The molecule has 0 spiro atoms. The zero-order valence-corrected chi connectivity index (χ0v) is 7.97. The second kappa shape index (κ2) is 3.54. The molecule has 1 N–H and O–H groups in total. The van der Waals surface area contributed by atoms with Gasteiger partial charge in [0.15, 0.2) is 0 Å². The molecular formula is C10H6N2OS. The summed E-state index contributed by atoms with van der Waals surface area (Å²) in [6.45, 7) is 0. The Kier molecular flexibility index (Phi) is 2.23. The number of nitrogens with zero attached hydrogens (tertiary/aromatic N) is 1. The first-order valence-corrected chi connectivity index (χ1v) is 4.42. The monoisotopic (exact) mass is 202 g/mol. The summed E-state index contributed by atoms with van der Waals surface area (Å²) in [5, 5.41) is 2.79. The molecule has 68 valence electrons. The van der Waals surface area contributed by atoms with Crippen LogP contribution in [0.4, 0.5) is 5.69 Å². The van der Waals surface area contributed by atoms with Crippen molar-refractivity contribution in [1.29, 1.82) is 0 Å². The number of thiocarbonyl (C=S) groups is 1. The summed E-state index contributed by atoms with van der Waals surface area (Å²) < 4.78 is 0. The Morgan fingerprint density at radius 1 is 1.36 bits per heavy atom. The summed E-state index contributed by atoms with van der Waals surface area (Å²) in [6.07, 6.45) is 1.53. The van der Waals surface area contributed by atoms with Crippen molar-refractivity contribution in [1.82, 2.24) is 4.98 Å². The smallest absolute Gasteiger partial charge is 0.215 e. The molecular weight excluding hydrogens is 196 g/mol. The molecule has 4 heteroatoms. The summed E-state index contributed by atoms with van der Waals surface area (Å²) in [4.78, 5) is 18.4. The van der Waals surface area contributed by atoms with E-state index >= 15 is 0 Å². The van der Waals surface area contributed by atoms with Crippen molar-refractivity contribution < 1.29 is 0 Å². The van der Waals surface area contributed by atoms with Crippen LogP contribution < -0.4 is 5.43 Å². The van der Waals surface area contributed by atoms with Crippen molar-refractivity contribution in [2.75, 3.05) is 0 Å². The topological polar surface area (TPSA) is 45.2 Å². The lowest BCUT2D eigenvalue weighted by atomic mass is 10.2. The van der Waals surface area contributed by atoms with Crippen LogP contribution in [-0.2, 0) is 0 Å². The number of hydrogen-bond acceptors (Lipinski definition) is 3. The molecule has 0 bridgehead atoms. The van der Waals surface area contributed by atoms with Gasteiger partial charge in [0.25, 0.3) is 0 Å². The third kappa shape index (κ3) is 1.37. The van der Waals surface area contributed by atoms with E-state index in [1.807, 2.05) is 18.2 Å². The van der Waals surface area contributed by atoms with Crippen LogP contribution in [0.5, 0.6) is 0 Å². The first-order chi connectivity index (χ1) is 6.83. The minimum Gasteiger partial charge on any atom is -0.359 e. The maximum absolute atomic E-state index is 11.7. The van der Waals surface area contributed by atoms with Gasteiger partial charge in [0.05, 0.1) is 5.16 Å². The Morgan fingerprint density at radius 2 is 2.14 bits per heavy atom. The van der Waals surface area contributed by atoms with E-state index in [0.29, 0.717) is 11.1 Å². The zero-order chi connectivity index (χ0) is 9.97. The molecule has 2 rings (SSSR count). The molecule has 0 unspecified atom stereocenters. The number of benzene rings is 1. The second-order valence-corrected chi connectivity index (χ2v) is 2.93. The summed E-state index contributed by atoms with van der Waals surface area (Å²) in [5.74, 6) is 0. The quantitative estimate of drug-likeness (QED) is 0.569. The van der Waals surface area contributed by atoms with Gasteiger partial charge in [-0.25, -0.2) is 0 Å². The number of para-hydroxylation sites is 1. The molecule has 0 aliphatic heterocycles. The fourth-order valence-electron chi connectivity index (χ4n) is 1.29. The number of nitrogens with one attached hydrogen (secondary N) is 1. The van der Waals surface area contributed by atoms with Crippen molar-refractivity contribution in [3.05, 3.63) is 40.7 Å². The summed E-state index contributed by atoms with van der Waals surface area (Å²) in [7, 11) is 0. The van der Waals surface area contributed by atoms with E-state index in [4.69, 9.17) is 0 Å². The molecule has 0 aliphatic carbocycles. The number of fused-ring (bicyclic) bond motifs is 1. The van der Waals surface area contributed by atoms with Gasteiger partial charge in [0.2, 0.25) is 5.43 Å². The molecule has 2 aromatic rings. The van der Waals surface area contributed by atoms with Crippen LogP contribution >= 0.6 is 12.2 Å². The highest BCUT2D eigenvalue weighted by atomic mass is 32.1. The minimum absolute atomic E-state index is 0.128. The van der Waals surface area contributed by atoms with Crippen molar-refractivity contribution in [3.63, 3.8) is 0 Å². The average Bonchev–Trinajstić information content (AvgIpc) is 2.23. The van der Waals surface area contributed by atoms with Crippen LogP contribution in [0.25, 0.3) is 10.9 Å². The van der Waals surface area contributed by atoms with Crippen molar-refractivity contribution in [2.24, 2.45) is 4.99 Å². The van der Waals surface area contributed by atoms with E-state index < -0.39 is 0 Å². The lowest BCUT2D eigenvalue weighted by molar-refractivity contribution is 1.36. The molecule has 0 atom stereocenters. The summed E-state index contributed by atoms with van der Waals surface area (Å²) >= 11 is 4.45. The fourth-order valence-corrected chi connectivity index (χ4v) is 1.39. The third-order valence-electron chi connectivity index (χ3n) is 1.93. The van der Waals surface area contributed by atoms with Gasteiger partial charge >= 0.3 is 0 Å². The van der Waals surface area contributed by atoms with Crippen LogP contribution in [-0.4, -0.2) is 10.1 Å². The zero-order valence-electron chi connectivity index (χ0n) is 7.15. The third-order valence-corrected chi connectivity index (χ3v) is 2.03. The largest absolute Gasteiger partial charge is 0.359 e. The maximum atomic E-state index is 11.7. The van der Waals surface area contributed by atoms with Crippen molar-refractivity contribution in [2.45, 2.75) is 0 Å². The lowest BCUT2D eigenvalue weighted by Gasteiger charge is -1.96. The number of H-pyrrole nitrogens is 1. The Morgan fingerprint density at radius 3 is 2.93 bits per heavy atom. The number of pyridine rings is 1. The van der Waals surface area contributed by atoms with Crippen molar-refractivity contribution >= 4 is 34.0 Å². The van der Waals surface area contributed by atoms with Gasteiger partial charge in [0, 0.05) is 17.1 Å². The van der Waals surface area contributed by atoms with Gasteiger partial charge in [-0.3, -0.25) is 4.79 Å². The summed E-state index contributed by atoms with van der Waals surface area (Å²) in [6, 6.07) is 7.25. The normalized spacial score (nSPS) is 9.71. The molecule has 0 amide bonds. The van der Waals surface area contributed by atoms with Crippen LogP contribution in [0.15, 0.2) is 40.2 Å². The molecule has 0 saturated carbocycles. The van der Waals surface area contributed by atoms with E-state index in [1.54, 1.807) is 6.07 Å². The number of aromatic nitrogens is 1. The predicted octanol–water partition coefficient (Wildman–Crippen LogP) is 2.26. The SMILES string of the molecule is O=c1c(N=C=S)c[nH]c2ccccc12. The number of hydrogen-bond donors (Lipinski definition) is 1. The van der Waals surface area contributed by atoms with Gasteiger partial charge in [-0.2, -0.15) is 4.99 Å². The molecule has 3 nitrogen and oxygen atoms in total. The Labute approximate surface area is 85.1 Å². The first-order valence-electron chi connectivity index (χ1n) is 4.01. The predicted molar refractivity (Wildman–Crippen MR) is 59.3 cm³/mol. The first kappa shape index (κ1) is 8.81. The molecule has 0 radical (unpaired) electrons. The maximum Gasteiger partial charge on any atom is 0.215 e. The van der Waals surface area contributed by atoms with E-state index in [0.717, 1.165) is 5.52 Å². The van der Waals surface area contributed by atoms with Crippen LogP contribution in [0, 0.1) is 0 Å². The van der Waals surface area contributed by atoms with Crippen LogP contribution in [0.3, 0.4) is 0 Å². The van der Waals surface area contributed by atoms with Gasteiger partial charge in [-0.1, -0.05) is 12.1 Å². The molecule has 1 aromatic heterocycles. The minimum atomic E-state index is -0.128. The summed E-state index contributed by atoms with van der Waals surface area (Å²) in [5.41, 5.74) is 0.955. The molecule has 0 aliphatic rings. The average molecular weight is 202 g/mol. The Bertz CT molecular complexity index is 582. The Hall–Kier alpha value is -1.77. The molecule has 1 aromatic carbocycles. The standard InChI is InChI=1S/C10H6N2OS/c13-10-7-3-1-2-4-8(7)11-5-9(10)12-6-14/h1-5H,(H,11,13). The number of aromatic amines is 1. The van der Waals surface area contributed by atoms with Gasteiger partial charge in [0.1, 0.15) is 5.69 Å². The van der Waals surface area contributed by atoms with E-state index in [-0.39, 0.29) is 5.43 Å². The fraction of sp³-hybridized carbons (Fsp3) is 0. The highest BCUT2D eigenvalue weighted by Gasteiger charge is 2.01.